The summed E-state index contributed by atoms with van der Waals surface area (Å²) < 4.78 is 7.14. The highest BCUT2D eigenvalue weighted by atomic mass is 16.5. The lowest BCUT2D eigenvalue weighted by atomic mass is 10.1. The molecule has 0 aliphatic heterocycles. The van der Waals surface area contributed by atoms with Crippen molar-refractivity contribution >= 4 is 11.6 Å². The molecule has 2 aromatic heterocycles. The molecule has 0 N–H and O–H groups in total. The van der Waals surface area contributed by atoms with E-state index in [0.29, 0.717) is 11.4 Å². The third-order valence-electron chi connectivity index (χ3n) is 3.36. The van der Waals surface area contributed by atoms with Crippen LogP contribution >= 0.6 is 0 Å². The largest absolute Gasteiger partial charge is 0.351 e. The van der Waals surface area contributed by atoms with Crippen LogP contribution in [-0.2, 0) is 7.05 Å². The molecule has 0 bridgehead atoms. The zero-order chi connectivity index (χ0) is 15.5. The van der Waals surface area contributed by atoms with Gasteiger partial charge in [-0.2, -0.15) is 10.2 Å². The molecular weight excluding hydrogens is 276 g/mol. The normalized spacial score (nSPS) is 11.4. The first-order valence-electron chi connectivity index (χ1n) is 6.81. The summed E-state index contributed by atoms with van der Waals surface area (Å²) in [7, 11) is 1.91. The van der Waals surface area contributed by atoms with E-state index in [1.807, 2.05) is 61.1 Å². The number of nitrogens with zero attached hydrogens (tertiary/aromatic N) is 4. The van der Waals surface area contributed by atoms with E-state index in [2.05, 4.69) is 16.2 Å². The van der Waals surface area contributed by atoms with Gasteiger partial charge >= 0.3 is 0 Å². The third kappa shape index (κ3) is 2.67. The maximum Gasteiger partial charge on any atom is 0.268 e. The molecule has 5 heteroatoms. The molecule has 1 aromatic carbocycles. The van der Waals surface area contributed by atoms with Crippen molar-refractivity contribution in [1.82, 2.24) is 14.7 Å². The highest BCUT2D eigenvalue weighted by molar-refractivity contribution is 5.86. The summed E-state index contributed by atoms with van der Waals surface area (Å²) in [6.07, 6.45) is 3.64. The van der Waals surface area contributed by atoms with Crippen LogP contribution in [-0.4, -0.2) is 14.7 Å². The zero-order valence-corrected chi connectivity index (χ0v) is 12.3. The van der Waals surface area contributed by atoms with Gasteiger partial charge in [-0.15, -0.1) is 0 Å². The van der Waals surface area contributed by atoms with E-state index in [1.165, 1.54) is 0 Å². The Morgan fingerprint density at radius 3 is 2.68 bits per heavy atom. The minimum Gasteiger partial charge on any atom is -0.351 e. The number of rotatable bonds is 3. The fourth-order valence-electron chi connectivity index (χ4n) is 2.07. The highest BCUT2D eigenvalue weighted by Gasteiger charge is 2.13. The Morgan fingerprint density at radius 1 is 1.27 bits per heavy atom. The number of aryl methyl sites for hydroxylation is 2. The van der Waals surface area contributed by atoms with Crippen molar-refractivity contribution in [2.24, 2.45) is 7.05 Å². The molecule has 0 amide bonds. The molecule has 0 aliphatic rings. The molecule has 5 nitrogen and oxygen atoms in total. The molecule has 0 unspecified atom stereocenters. The van der Waals surface area contributed by atoms with Crippen LogP contribution in [0.4, 0.5) is 0 Å². The molecule has 0 fully saturated rings. The van der Waals surface area contributed by atoms with E-state index in [4.69, 9.17) is 4.52 Å². The van der Waals surface area contributed by atoms with E-state index < -0.39 is 0 Å². The number of benzene rings is 1. The smallest absolute Gasteiger partial charge is 0.268 e. The first kappa shape index (κ1) is 13.8. The van der Waals surface area contributed by atoms with Crippen LogP contribution in [0.3, 0.4) is 0 Å². The van der Waals surface area contributed by atoms with E-state index in [1.54, 1.807) is 6.08 Å². The predicted molar refractivity (Wildman–Crippen MR) is 83.4 cm³/mol. The summed E-state index contributed by atoms with van der Waals surface area (Å²) in [5.74, 6) is 0.697. The van der Waals surface area contributed by atoms with Crippen molar-refractivity contribution < 1.29 is 4.52 Å². The number of allylic oxidation sites excluding steroid dienone is 1. The monoisotopic (exact) mass is 290 g/mol. The second-order valence-corrected chi connectivity index (χ2v) is 5.00. The minimum atomic E-state index is 0.222. The summed E-state index contributed by atoms with van der Waals surface area (Å²) in [6.45, 7) is 2.02. The van der Waals surface area contributed by atoms with Crippen LogP contribution in [0.15, 0.2) is 47.1 Å². The van der Waals surface area contributed by atoms with Crippen LogP contribution in [0.2, 0.25) is 0 Å². The second-order valence-electron chi connectivity index (χ2n) is 5.00. The average Bonchev–Trinajstić information content (AvgIpc) is 3.15. The quantitative estimate of drug-likeness (QED) is 0.693. The summed E-state index contributed by atoms with van der Waals surface area (Å²) in [4.78, 5) is 4.31. The van der Waals surface area contributed by atoms with E-state index >= 15 is 0 Å². The molecule has 0 radical (unpaired) electrons. The van der Waals surface area contributed by atoms with Gasteiger partial charge in [0, 0.05) is 24.5 Å². The van der Waals surface area contributed by atoms with Gasteiger partial charge < -0.3 is 9.09 Å². The molecular formula is C17H14N4O. The Hall–Kier alpha value is -3.13. The van der Waals surface area contributed by atoms with E-state index in [0.717, 1.165) is 16.8 Å². The SMILES string of the molecule is Cc1ccc(-c2noc(/C(C#N)=C/c3cccn3C)n2)cc1. The maximum atomic E-state index is 9.33. The minimum absolute atomic E-state index is 0.222. The van der Waals surface area contributed by atoms with Gasteiger partial charge in [0.2, 0.25) is 5.82 Å². The molecule has 108 valence electrons. The topological polar surface area (TPSA) is 67.6 Å². The van der Waals surface area contributed by atoms with Crippen LogP contribution < -0.4 is 0 Å². The molecule has 0 saturated carbocycles. The molecule has 3 rings (SSSR count). The van der Waals surface area contributed by atoms with Crippen molar-refractivity contribution in [2.75, 3.05) is 0 Å². The van der Waals surface area contributed by atoms with Gasteiger partial charge in [-0.25, -0.2) is 0 Å². The predicted octanol–water partition coefficient (Wildman–Crippen LogP) is 3.45. The van der Waals surface area contributed by atoms with Crippen LogP contribution in [0.5, 0.6) is 0 Å². The third-order valence-corrected chi connectivity index (χ3v) is 3.36. The zero-order valence-electron chi connectivity index (χ0n) is 12.3. The summed E-state index contributed by atoms with van der Waals surface area (Å²) in [5, 5.41) is 13.3. The lowest BCUT2D eigenvalue weighted by molar-refractivity contribution is 0.409. The van der Waals surface area contributed by atoms with E-state index in [-0.39, 0.29) is 5.89 Å². The van der Waals surface area contributed by atoms with Gasteiger partial charge in [0.1, 0.15) is 11.6 Å². The van der Waals surface area contributed by atoms with Gasteiger partial charge in [-0.1, -0.05) is 35.0 Å². The number of hydrogen-bond donors (Lipinski definition) is 0. The standard InChI is InChI=1S/C17H14N4O/c1-12-5-7-13(8-6-12)16-19-17(22-20-16)14(11-18)10-15-4-3-9-21(15)2/h3-10H,1-2H3/b14-10+. The van der Waals surface area contributed by atoms with Crippen molar-refractivity contribution in [3.8, 4) is 17.5 Å². The Morgan fingerprint density at radius 2 is 2.05 bits per heavy atom. The van der Waals surface area contributed by atoms with Gasteiger partial charge in [-0.3, -0.25) is 0 Å². The van der Waals surface area contributed by atoms with Crippen molar-refractivity contribution in [3.05, 3.63) is 59.7 Å². The van der Waals surface area contributed by atoms with Crippen molar-refractivity contribution in [3.63, 3.8) is 0 Å². The average molecular weight is 290 g/mol. The van der Waals surface area contributed by atoms with Crippen LogP contribution in [0, 0.1) is 18.3 Å². The molecule has 0 atom stereocenters. The van der Waals surface area contributed by atoms with Gasteiger partial charge in [0.25, 0.3) is 5.89 Å². The number of aromatic nitrogens is 3. The first-order valence-corrected chi connectivity index (χ1v) is 6.81. The number of nitriles is 1. The fourth-order valence-corrected chi connectivity index (χ4v) is 2.07. The Labute approximate surface area is 128 Å². The Bertz CT molecular complexity index is 863. The van der Waals surface area contributed by atoms with Crippen LogP contribution in [0.25, 0.3) is 23.0 Å². The molecule has 0 aliphatic carbocycles. The lowest BCUT2D eigenvalue weighted by Crippen LogP contribution is -1.89. The van der Waals surface area contributed by atoms with Gasteiger partial charge in [0.15, 0.2) is 0 Å². The van der Waals surface area contributed by atoms with Gasteiger partial charge in [-0.05, 0) is 25.1 Å². The molecule has 0 saturated heterocycles. The Kier molecular flexibility index (Phi) is 3.58. The number of hydrogen-bond acceptors (Lipinski definition) is 4. The second kappa shape index (κ2) is 5.70. The molecule has 22 heavy (non-hydrogen) atoms. The molecule has 2 heterocycles. The van der Waals surface area contributed by atoms with Crippen molar-refractivity contribution in [1.29, 1.82) is 5.26 Å². The van der Waals surface area contributed by atoms with Gasteiger partial charge in [0.05, 0.1) is 0 Å². The summed E-state index contributed by atoms with van der Waals surface area (Å²) >= 11 is 0. The summed E-state index contributed by atoms with van der Waals surface area (Å²) in [6, 6.07) is 13.7. The van der Waals surface area contributed by atoms with Crippen molar-refractivity contribution in [2.45, 2.75) is 6.92 Å². The molecule has 3 aromatic rings. The maximum absolute atomic E-state index is 9.33. The fraction of sp³-hybridized carbons (Fsp3) is 0.118. The highest BCUT2D eigenvalue weighted by Crippen LogP contribution is 2.21. The Balaban J connectivity index is 1.95. The molecule has 0 spiro atoms. The lowest BCUT2D eigenvalue weighted by Gasteiger charge is -1.96. The van der Waals surface area contributed by atoms with Crippen LogP contribution in [0.1, 0.15) is 17.1 Å². The first-order chi connectivity index (χ1) is 10.7. The van der Waals surface area contributed by atoms with E-state index in [9.17, 15) is 5.26 Å². The summed E-state index contributed by atoms with van der Waals surface area (Å²) in [5.41, 5.74) is 3.25.